The van der Waals surface area contributed by atoms with Gasteiger partial charge in [0.15, 0.2) is 0 Å². The fraction of sp³-hybridized carbons (Fsp3) is 0.667. The van der Waals surface area contributed by atoms with Crippen LogP contribution in [0.1, 0.15) is 46.5 Å². The standard InChI is InChI=1S/C18H28ClNS/c1-4-18(2,3)14-9-8-13(12-20)17(10-14)21-16-7-5-6-15(19)11-16/h5-7,11,13-14,17H,4,8-10,12,20H2,1-3H3. The van der Waals surface area contributed by atoms with Crippen LogP contribution >= 0.6 is 23.4 Å². The SMILES string of the molecule is CCC(C)(C)C1CCC(CN)C(Sc2cccc(Cl)c2)C1. The lowest BCUT2D eigenvalue weighted by Gasteiger charge is -2.42. The average molecular weight is 326 g/mol. The van der Waals surface area contributed by atoms with Crippen LogP contribution in [-0.4, -0.2) is 11.8 Å². The van der Waals surface area contributed by atoms with Crippen LogP contribution in [0.4, 0.5) is 0 Å². The molecule has 0 bridgehead atoms. The van der Waals surface area contributed by atoms with Crippen molar-refractivity contribution in [1.82, 2.24) is 0 Å². The van der Waals surface area contributed by atoms with E-state index in [1.807, 2.05) is 23.9 Å². The van der Waals surface area contributed by atoms with E-state index in [4.69, 9.17) is 17.3 Å². The minimum atomic E-state index is 0.437. The molecule has 2 rings (SSSR count). The second-order valence-corrected chi connectivity index (χ2v) is 8.71. The summed E-state index contributed by atoms with van der Waals surface area (Å²) in [4.78, 5) is 1.28. The highest BCUT2D eigenvalue weighted by molar-refractivity contribution is 8.00. The smallest absolute Gasteiger partial charge is 0.0417 e. The topological polar surface area (TPSA) is 26.0 Å². The summed E-state index contributed by atoms with van der Waals surface area (Å²) in [5.74, 6) is 1.44. The third-order valence-corrected chi connectivity index (χ3v) is 6.97. The summed E-state index contributed by atoms with van der Waals surface area (Å²) in [7, 11) is 0. The van der Waals surface area contributed by atoms with Crippen LogP contribution in [0.2, 0.25) is 5.02 Å². The van der Waals surface area contributed by atoms with Gasteiger partial charge in [0, 0.05) is 15.2 Å². The third-order valence-electron chi connectivity index (χ3n) is 5.33. The largest absolute Gasteiger partial charge is 0.330 e. The lowest BCUT2D eigenvalue weighted by atomic mass is 9.67. The van der Waals surface area contributed by atoms with E-state index in [-0.39, 0.29) is 0 Å². The molecule has 0 radical (unpaired) electrons. The van der Waals surface area contributed by atoms with Gasteiger partial charge in [-0.05, 0) is 61.3 Å². The van der Waals surface area contributed by atoms with Gasteiger partial charge in [-0.3, -0.25) is 0 Å². The number of hydrogen-bond acceptors (Lipinski definition) is 2. The van der Waals surface area contributed by atoms with Crippen LogP contribution in [0, 0.1) is 17.3 Å². The number of nitrogens with two attached hydrogens (primary N) is 1. The minimum absolute atomic E-state index is 0.437. The highest BCUT2D eigenvalue weighted by Gasteiger charge is 2.37. The van der Waals surface area contributed by atoms with Crippen molar-refractivity contribution < 1.29 is 0 Å². The Morgan fingerprint density at radius 1 is 1.33 bits per heavy atom. The van der Waals surface area contributed by atoms with Crippen molar-refractivity contribution in [3.63, 3.8) is 0 Å². The fourth-order valence-electron chi connectivity index (χ4n) is 3.32. The van der Waals surface area contributed by atoms with Crippen LogP contribution in [0.15, 0.2) is 29.2 Å². The van der Waals surface area contributed by atoms with Crippen LogP contribution in [-0.2, 0) is 0 Å². The Morgan fingerprint density at radius 2 is 2.10 bits per heavy atom. The zero-order valence-corrected chi connectivity index (χ0v) is 15.0. The number of thioether (sulfide) groups is 1. The third kappa shape index (κ3) is 4.40. The van der Waals surface area contributed by atoms with E-state index in [9.17, 15) is 0 Å². The molecule has 1 fully saturated rings. The summed E-state index contributed by atoms with van der Waals surface area (Å²) in [6.07, 6.45) is 5.12. The predicted molar refractivity (Wildman–Crippen MR) is 95.1 cm³/mol. The van der Waals surface area contributed by atoms with Gasteiger partial charge in [-0.1, -0.05) is 44.9 Å². The molecule has 3 atom stereocenters. The van der Waals surface area contributed by atoms with Crippen molar-refractivity contribution in [3.8, 4) is 0 Å². The Bertz CT molecular complexity index is 460. The van der Waals surface area contributed by atoms with Gasteiger partial charge in [-0.25, -0.2) is 0 Å². The number of benzene rings is 1. The second kappa shape index (κ2) is 7.39. The van der Waals surface area contributed by atoms with E-state index < -0.39 is 0 Å². The van der Waals surface area contributed by atoms with Crippen molar-refractivity contribution >= 4 is 23.4 Å². The first kappa shape index (κ1) is 17.2. The molecule has 0 aliphatic heterocycles. The van der Waals surface area contributed by atoms with Gasteiger partial charge >= 0.3 is 0 Å². The van der Waals surface area contributed by atoms with E-state index in [0.717, 1.165) is 17.5 Å². The van der Waals surface area contributed by atoms with Crippen LogP contribution in [0.25, 0.3) is 0 Å². The van der Waals surface area contributed by atoms with Gasteiger partial charge in [0.25, 0.3) is 0 Å². The molecule has 0 saturated heterocycles. The molecular weight excluding hydrogens is 298 g/mol. The zero-order chi connectivity index (χ0) is 15.5. The highest BCUT2D eigenvalue weighted by Crippen LogP contribution is 2.46. The average Bonchev–Trinajstić information content (AvgIpc) is 2.47. The molecule has 0 heterocycles. The summed E-state index contributed by atoms with van der Waals surface area (Å²) >= 11 is 8.10. The first-order chi connectivity index (χ1) is 9.96. The van der Waals surface area contributed by atoms with Gasteiger partial charge < -0.3 is 5.73 Å². The lowest BCUT2D eigenvalue weighted by Crippen LogP contribution is -2.37. The Hall–Kier alpha value is -0.180. The van der Waals surface area contributed by atoms with Gasteiger partial charge in [0.2, 0.25) is 0 Å². The van der Waals surface area contributed by atoms with Crippen molar-refractivity contribution in [1.29, 1.82) is 0 Å². The number of hydrogen-bond donors (Lipinski definition) is 1. The van der Waals surface area contributed by atoms with Crippen molar-refractivity contribution in [3.05, 3.63) is 29.3 Å². The van der Waals surface area contributed by atoms with E-state index in [1.165, 1.54) is 30.6 Å². The Labute approximate surface area is 139 Å². The first-order valence-corrected chi connectivity index (χ1v) is 9.34. The maximum Gasteiger partial charge on any atom is 0.0417 e. The molecule has 1 saturated carbocycles. The number of rotatable bonds is 5. The summed E-state index contributed by atoms with van der Waals surface area (Å²) in [5.41, 5.74) is 6.46. The maximum absolute atomic E-state index is 6.12. The van der Waals surface area contributed by atoms with Gasteiger partial charge in [-0.15, -0.1) is 11.8 Å². The summed E-state index contributed by atoms with van der Waals surface area (Å²) in [5, 5.41) is 1.45. The van der Waals surface area contributed by atoms with Crippen molar-refractivity contribution in [2.75, 3.05) is 6.54 Å². The lowest BCUT2D eigenvalue weighted by molar-refractivity contribution is 0.134. The fourth-order valence-corrected chi connectivity index (χ4v) is 5.04. The monoisotopic (exact) mass is 325 g/mol. The molecule has 0 aromatic heterocycles. The quantitative estimate of drug-likeness (QED) is 0.761. The van der Waals surface area contributed by atoms with Gasteiger partial charge in [-0.2, -0.15) is 0 Å². The molecule has 3 unspecified atom stereocenters. The molecule has 21 heavy (non-hydrogen) atoms. The molecule has 1 nitrogen and oxygen atoms in total. The molecule has 0 spiro atoms. The molecule has 118 valence electrons. The molecular formula is C18H28ClNS. The zero-order valence-electron chi connectivity index (χ0n) is 13.4. The van der Waals surface area contributed by atoms with Crippen LogP contribution in [0.3, 0.4) is 0 Å². The summed E-state index contributed by atoms with van der Waals surface area (Å²) in [6, 6.07) is 8.22. The molecule has 1 aromatic rings. The second-order valence-electron chi connectivity index (χ2n) is 6.96. The Morgan fingerprint density at radius 3 is 2.71 bits per heavy atom. The number of halogens is 1. The molecule has 2 N–H and O–H groups in total. The van der Waals surface area contributed by atoms with E-state index in [1.54, 1.807) is 0 Å². The first-order valence-electron chi connectivity index (χ1n) is 8.08. The summed E-state index contributed by atoms with van der Waals surface area (Å²) < 4.78 is 0. The van der Waals surface area contributed by atoms with Crippen LogP contribution < -0.4 is 5.73 Å². The van der Waals surface area contributed by atoms with E-state index in [2.05, 4.69) is 32.9 Å². The van der Waals surface area contributed by atoms with E-state index in [0.29, 0.717) is 16.6 Å². The van der Waals surface area contributed by atoms with Crippen molar-refractivity contribution in [2.45, 2.75) is 56.6 Å². The normalized spacial score (nSPS) is 26.8. The van der Waals surface area contributed by atoms with Crippen molar-refractivity contribution in [2.24, 2.45) is 23.0 Å². The molecule has 1 aliphatic carbocycles. The Balaban J connectivity index is 2.10. The molecule has 3 heteroatoms. The minimum Gasteiger partial charge on any atom is -0.330 e. The van der Waals surface area contributed by atoms with Crippen LogP contribution in [0.5, 0.6) is 0 Å². The Kier molecular flexibility index (Phi) is 6.05. The maximum atomic E-state index is 6.12. The summed E-state index contributed by atoms with van der Waals surface area (Å²) in [6.45, 7) is 7.95. The van der Waals surface area contributed by atoms with Gasteiger partial charge in [0.1, 0.15) is 0 Å². The van der Waals surface area contributed by atoms with E-state index >= 15 is 0 Å². The molecule has 1 aliphatic rings. The van der Waals surface area contributed by atoms with Gasteiger partial charge in [0.05, 0.1) is 0 Å². The molecule has 0 amide bonds. The predicted octanol–water partition coefficient (Wildman–Crippen LogP) is 5.61. The highest BCUT2D eigenvalue weighted by atomic mass is 35.5. The molecule has 1 aromatic carbocycles.